The van der Waals surface area contributed by atoms with Crippen LogP contribution < -0.4 is 0 Å². The van der Waals surface area contributed by atoms with Crippen LogP contribution in [0.2, 0.25) is 0 Å². The molecule has 0 heterocycles. The van der Waals surface area contributed by atoms with Crippen LogP contribution in [-0.4, -0.2) is 26.2 Å². The van der Waals surface area contributed by atoms with Gasteiger partial charge in [-0.3, -0.25) is 0 Å². The maximum Gasteiger partial charge on any atom is 0.338 e. The van der Waals surface area contributed by atoms with E-state index in [2.05, 4.69) is 31.9 Å². The molecule has 4 aromatic carbocycles. The highest BCUT2D eigenvalue weighted by Crippen LogP contribution is 2.43. The highest BCUT2D eigenvalue weighted by Gasteiger charge is 2.21. The van der Waals surface area contributed by atoms with Crippen LogP contribution in [0.25, 0.3) is 32.3 Å². The Morgan fingerprint density at radius 2 is 1.04 bits per heavy atom. The first-order valence-electron chi connectivity index (χ1n) is 7.74. The minimum atomic E-state index is -0.407. The molecule has 0 aliphatic heterocycles. The number of carbonyl (C=O) groups excluding carboxylic acids is 2. The summed E-state index contributed by atoms with van der Waals surface area (Å²) < 4.78 is 11.5. The number of hydrogen-bond donors (Lipinski definition) is 0. The van der Waals surface area contributed by atoms with Gasteiger partial charge in [0.1, 0.15) is 0 Å². The number of esters is 2. The fourth-order valence-corrected chi connectivity index (χ4v) is 4.58. The zero-order valence-electron chi connectivity index (χ0n) is 13.9. The first-order chi connectivity index (χ1) is 12.5. The number of methoxy groups -OCH3 is 2. The van der Waals surface area contributed by atoms with E-state index in [1.165, 1.54) is 14.2 Å². The van der Waals surface area contributed by atoms with Crippen molar-refractivity contribution in [3.05, 3.63) is 56.5 Å². The summed E-state index contributed by atoms with van der Waals surface area (Å²) in [5.74, 6) is -0.813. The predicted molar refractivity (Wildman–Crippen MR) is 108 cm³/mol. The fraction of sp³-hybridized carbons (Fsp3) is 0.100. The molecule has 0 unspecified atom stereocenters. The van der Waals surface area contributed by atoms with Crippen LogP contribution in [0.15, 0.2) is 45.3 Å². The van der Waals surface area contributed by atoms with E-state index in [9.17, 15) is 9.59 Å². The molecule has 0 aromatic heterocycles. The lowest BCUT2D eigenvalue weighted by atomic mass is 9.90. The van der Waals surface area contributed by atoms with Crippen LogP contribution in [0.1, 0.15) is 20.7 Å². The second-order valence-corrected chi connectivity index (χ2v) is 7.58. The minimum Gasteiger partial charge on any atom is -0.465 e. The van der Waals surface area contributed by atoms with Crippen LogP contribution >= 0.6 is 31.9 Å². The molecule has 0 N–H and O–H groups in total. The smallest absolute Gasteiger partial charge is 0.338 e. The lowest BCUT2D eigenvalue weighted by Crippen LogP contribution is -2.05. The Kier molecular flexibility index (Phi) is 4.12. The number of halogens is 2. The van der Waals surface area contributed by atoms with E-state index in [0.717, 1.165) is 41.3 Å². The Hall–Kier alpha value is -2.18. The number of carbonyl (C=O) groups is 2. The van der Waals surface area contributed by atoms with Crippen LogP contribution in [-0.2, 0) is 9.47 Å². The maximum atomic E-state index is 12.3. The zero-order chi connectivity index (χ0) is 18.6. The highest BCUT2D eigenvalue weighted by atomic mass is 79.9. The minimum absolute atomic E-state index is 0.407. The van der Waals surface area contributed by atoms with Crippen LogP contribution in [0, 0.1) is 0 Å². The molecule has 4 aromatic rings. The van der Waals surface area contributed by atoms with Crippen molar-refractivity contribution in [2.24, 2.45) is 0 Å². The van der Waals surface area contributed by atoms with Gasteiger partial charge in [0.2, 0.25) is 0 Å². The lowest BCUT2D eigenvalue weighted by molar-refractivity contribution is 0.0594. The van der Waals surface area contributed by atoms with Gasteiger partial charge in [-0.05, 0) is 44.5 Å². The standard InChI is InChI=1S/C20H12Br2O4/c1-25-19(23)13-7-15(21)11-5-6-12-16(22)8-14(20(24)26-2)10-4-3-9(13)17(11)18(10)12/h3-8H,1-2H3. The average Bonchev–Trinajstić information content (AvgIpc) is 2.66. The van der Waals surface area contributed by atoms with Gasteiger partial charge in [0.25, 0.3) is 0 Å². The number of hydrogen-bond acceptors (Lipinski definition) is 4. The molecule has 0 aliphatic carbocycles. The van der Waals surface area contributed by atoms with Crippen LogP contribution in [0.5, 0.6) is 0 Å². The first-order valence-corrected chi connectivity index (χ1v) is 9.32. The Morgan fingerprint density at radius 1 is 0.692 bits per heavy atom. The van der Waals surface area contributed by atoms with Crippen molar-refractivity contribution in [1.82, 2.24) is 0 Å². The first kappa shape index (κ1) is 17.2. The van der Waals surface area contributed by atoms with Gasteiger partial charge in [0, 0.05) is 8.95 Å². The van der Waals surface area contributed by atoms with E-state index in [1.807, 2.05) is 24.3 Å². The summed E-state index contributed by atoms with van der Waals surface area (Å²) in [6.45, 7) is 0. The number of benzene rings is 4. The summed E-state index contributed by atoms with van der Waals surface area (Å²) in [6.07, 6.45) is 0. The third-order valence-electron chi connectivity index (χ3n) is 4.61. The normalized spacial score (nSPS) is 11.4. The van der Waals surface area contributed by atoms with E-state index in [1.54, 1.807) is 12.1 Å². The monoisotopic (exact) mass is 474 g/mol. The lowest BCUT2D eigenvalue weighted by Gasteiger charge is -2.17. The number of ether oxygens (including phenoxy) is 2. The Morgan fingerprint density at radius 3 is 1.38 bits per heavy atom. The van der Waals surface area contributed by atoms with E-state index in [0.29, 0.717) is 11.1 Å². The van der Waals surface area contributed by atoms with Crippen molar-refractivity contribution in [2.75, 3.05) is 14.2 Å². The summed E-state index contributed by atoms with van der Waals surface area (Å²) in [4.78, 5) is 24.5. The zero-order valence-corrected chi connectivity index (χ0v) is 17.0. The third kappa shape index (κ3) is 2.32. The molecule has 0 radical (unpaired) electrons. The van der Waals surface area contributed by atoms with Gasteiger partial charge in [-0.15, -0.1) is 0 Å². The van der Waals surface area contributed by atoms with Crippen molar-refractivity contribution >= 4 is 76.1 Å². The topological polar surface area (TPSA) is 52.6 Å². The molecule has 26 heavy (non-hydrogen) atoms. The summed E-state index contributed by atoms with van der Waals surface area (Å²) >= 11 is 7.12. The molecule has 130 valence electrons. The van der Waals surface area contributed by atoms with Crippen molar-refractivity contribution in [3.63, 3.8) is 0 Å². The molecule has 4 rings (SSSR count). The third-order valence-corrected chi connectivity index (χ3v) is 5.92. The highest BCUT2D eigenvalue weighted by molar-refractivity contribution is 9.11. The molecule has 0 fully saturated rings. The van der Waals surface area contributed by atoms with Crippen molar-refractivity contribution in [2.45, 2.75) is 0 Å². The van der Waals surface area contributed by atoms with Crippen molar-refractivity contribution < 1.29 is 19.1 Å². The fourth-order valence-electron chi connectivity index (χ4n) is 3.46. The molecule has 0 atom stereocenters. The average molecular weight is 476 g/mol. The summed E-state index contributed by atoms with van der Waals surface area (Å²) in [6, 6.07) is 11.2. The molecule has 0 saturated carbocycles. The van der Waals surface area contributed by atoms with Gasteiger partial charge in [-0.2, -0.15) is 0 Å². The van der Waals surface area contributed by atoms with Gasteiger partial charge in [0.15, 0.2) is 0 Å². The van der Waals surface area contributed by atoms with Gasteiger partial charge < -0.3 is 9.47 Å². The predicted octanol–water partition coefficient (Wildman–Crippen LogP) is 5.68. The Bertz CT molecular complexity index is 1120. The van der Waals surface area contributed by atoms with Gasteiger partial charge in [0.05, 0.1) is 25.3 Å². The molecular formula is C20H12Br2O4. The quantitative estimate of drug-likeness (QED) is 0.276. The molecule has 0 saturated heterocycles. The number of rotatable bonds is 2. The molecule has 0 aliphatic rings. The largest absolute Gasteiger partial charge is 0.465 e. The second-order valence-electron chi connectivity index (χ2n) is 5.87. The Balaban J connectivity index is 2.29. The van der Waals surface area contributed by atoms with E-state index < -0.39 is 11.9 Å². The second kappa shape index (κ2) is 6.21. The van der Waals surface area contributed by atoms with Gasteiger partial charge >= 0.3 is 11.9 Å². The van der Waals surface area contributed by atoms with Crippen LogP contribution in [0.3, 0.4) is 0 Å². The van der Waals surface area contributed by atoms with Crippen molar-refractivity contribution in [3.8, 4) is 0 Å². The summed E-state index contributed by atoms with van der Waals surface area (Å²) in [5, 5.41) is 5.28. The van der Waals surface area contributed by atoms with Gasteiger partial charge in [-0.25, -0.2) is 9.59 Å². The SMILES string of the molecule is COC(=O)c1cc(Br)c2ccc3c(Br)cc(C(=O)OC)c4ccc1c2c34. The molecule has 0 bridgehead atoms. The van der Waals surface area contributed by atoms with Gasteiger partial charge in [-0.1, -0.05) is 56.1 Å². The summed E-state index contributed by atoms with van der Waals surface area (Å²) in [5.41, 5.74) is 0.946. The molecule has 0 amide bonds. The van der Waals surface area contributed by atoms with E-state index >= 15 is 0 Å². The summed E-state index contributed by atoms with van der Waals surface area (Å²) in [7, 11) is 2.72. The van der Waals surface area contributed by atoms with Crippen LogP contribution in [0.4, 0.5) is 0 Å². The molecule has 0 spiro atoms. The maximum absolute atomic E-state index is 12.3. The molecular weight excluding hydrogens is 464 g/mol. The van der Waals surface area contributed by atoms with E-state index in [-0.39, 0.29) is 0 Å². The molecule has 4 nitrogen and oxygen atoms in total. The van der Waals surface area contributed by atoms with E-state index in [4.69, 9.17) is 9.47 Å². The molecule has 6 heteroatoms. The van der Waals surface area contributed by atoms with Crippen molar-refractivity contribution in [1.29, 1.82) is 0 Å². The Labute approximate surface area is 165 Å².